The van der Waals surface area contributed by atoms with Crippen LogP contribution in [0, 0.1) is 5.92 Å². The molecule has 2 aliphatic heterocycles. The minimum Gasteiger partial charge on any atom is -0.464 e. The number of carbonyl (C=O) groups excluding carboxylic acids is 1. The largest absolute Gasteiger partial charge is 0.464 e. The third kappa shape index (κ3) is 5.40. The minimum atomic E-state index is -1.61. The van der Waals surface area contributed by atoms with Crippen molar-refractivity contribution in [3.05, 3.63) is 53.1 Å². The van der Waals surface area contributed by atoms with Gasteiger partial charge in [0, 0.05) is 18.5 Å². The highest BCUT2D eigenvalue weighted by atomic mass is 31.2. The van der Waals surface area contributed by atoms with Gasteiger partial charge in [-0.3, -0.25) is 9.36 Å². The van der Waals surface area contributed by atoms with Crippen LogP contribution in [-0.2, 0) is 18.8 Å². The van der Waals surface area contributed by atoms with Crippen LogP contribution < -0.4 is 21.0 Å². The van der Waals surface area contributed by atoms with E-state index in [1.54, 1.807) is 12.3 Å². The van der Waals surface area contributed by atoms with Crippen LogP contribution in [0.5, 0.6) is 5.75 Å². The molecule has 2 saturated heterocycles. The number of nitrogens with one attached hydrogen (secondary N) is 1. The molecule has 5 atom stereocenters. The van der Waals surface area contributed by atoms with Gasteiger partial charge >= 0.3 is 20.2 Å². The van der Waals surface area contributed by atoms with Crippen molar-refractivity contribution in [1.82, 2.24) is 14.6 Å². The third-order valence-electron chi connectivity index (χ3n) is 5.08. The Morgan fingerprint density at radius 3 is 2.81 bits per heavy atom. The van der Waals surface area contributed by atoms with Crippen LogP contribution >= 0.6 is 8.53 Å². The second kappa shape index (κ2) is 9.74. The van der Waals surface area contributed by atoms with Gasteiger partial charge in [0.15, 0.2) is 0 Å². The third-order valence-corrected chi connectivity index (χ3v) is 6.37. The first-order valence-electron chi connectivity index (χ1n) is 10.1. The van der Waals surface area contributed by atoms with Gasteiger partial charge in [-0.2, -0.15) is 4.98 Å². The maximum absolute atomic E-state index is 12.2. The minimum absolute atomic E-state index is 0.0794. The number of hydrogen-bond donors (Lipinski definition) is 2. The predicted octanol–water partition coefficient (Wildman–Crippen LogP) is 1.98. The summed E-state index contributed by atoms with van der Waals surface area (Å²) in [5.41, 5.74) is 5.12. The summed E-state index contributed by atoms with van der Waals surface area (Å²) in [5.74, 6) is 0.571. The van der Waals surface area contributed by atoms with Gasteiger partial charge in [-0.15, -0.1) is 0 Å². The monoisotopic (exact) mass is 448 g/mol. The van der Waals surface area contributed by atoms with Gasteiger partial charge < -0.3 is 24.3 Å². The lowest BCUT2D eigenvalue weighted by molar-refractivity contribution is -0.139. The second-order valence-electron chi connectivity index (χ2n) is 7.50. The van der Waals surface area contributed by atoms with E-state index >= 15 is 0 Å². The number of cyclic esters (lactones) is 1. The molecule has 1 aromatic heterocycles. The van der Waals surface area contributed by atoms with Gasteiger partial charge in [0.05, 0.1) is 19.3 Å². The topological polar surface area (TPSA) is 127 Å². The lowest BCUT2D eigenvalue weighted by Gasteiger charge is -2.22. The molecule has 0 amide bonds. The van der Waals surface area contributed by atoms with Crippen molar-refractivity contribution < 1.29 is 23.3 Å². The number of hydrogen-bond acceptors (Lipinski definition) is 9. The van der Waals surface area contributed by atoms with Crippen LogP contribution in [0.3, 0.4) is 0 Å². The number of esters is 1. The molecule has 1 aromatic carbocycles. The van der Waals surface area contributed by atoms with E-state index in [9.17, 15) is 9.59 Å². The Kier molecular flexibility index (Phi) is 6.82. The standard InChI is InChI=1S/C20H25N4O6P/c1-13-11-15(29-18(13)24-9-7-17(21)22-20(24)26)12-28-31(23-16-8-10-27-19(16)25)30-14-5-3-2-4-6-14/h2-7,9,13,15-16,18,23H,8,10-12H2,1H3,(H2,21,22,26)/t13?,15?,16-,18?,31?/m0/s1. The quantitative estimate of drug-likeness (QED) is 0.460. The van der Waals surface area contributed by atoms with Gasteiger partial charge in [-0.05, 0) is 24.6 Å². The van der Waals surface area contributed by atoms with E-state index in [2.05, 4.69) is 10.1 Å². The van der Waals surface area contributed by atoms with E-state index in [0.29, 0.717) is 25.2 Å². The van der Waals surface area contributed by atoms with Crippen molar-refractivity contribution in [3.63, 3.8) is 0 Å². The SMILES string of the molecule is CC1CC(COP(N[C@H]2CCOC2=O)Oc2ccccc2)OC1n1ccc(N)nc1=O. The Morgan fingerprint density at radius 1 is 1.29 bits per heavy atom. The van der Waals surface area contributed by atoms with Gasteiger partial charge in [0.2, 0.25) is 0 Å². The molecule has 31 heavy (non-hydrogen) atoms. The maximum atomic E-state index is 12.2. The number of anilines is 1. The summed E-state index contributed by atoms with van der Waals surface area (Å²) in [6.45, 7) is 2.62. The van der Waals surface area contributed by atoms with Crippen LogP contribution in [0.1, 0.15) is 26.0 Å². The van der Waals surface area contributed by atoms with Crippen molar-refractivity contribution >= 4 is 20.3 Å². The number of ether oxygens (including phenoxy) is 2. The summed E-state index contributed by atoms with van der Waals surface area (Å²) in [4.78, 5) is 27.8. The van der Waals surface area contributed by atoms with Gasteiger partial charge in [-0.1, -0.05) is 25.1 Å². The first-order valence-corrected chi connectivity index (χ1v) is 11.3. The Balaban J connectivity index is 1.39. The van der Waals surface area contributed by atoms with Crippen LogP contribution in [0.4, 0.5) is 5.82 Å². The van der Waals surface area contributed by atoms with E-state index < -0.39 is 26.5 Å². The number of carbonyl (C=O) groups is 1. The molecule has 0 radical (unpaired) electrons. The fourth-order valence-electron chi connectivity index (χ4n) is 3.54. The fraction of sp³-hybridized carbons (Fsp3) is 0.450. The number of rotatable bonds is 8. The summed E-state index contributed by atoms with van der Waals surface area (Å²) in [5, 5.41) is 3.12. The zero-order chi connectivity index (χ0) is 21.8. The van der Waals surface area contributed by atoms with Gasteiger partial charge in [-0.25, -0.2) is 9.88 Å². The molecule has 10 nitrogen and oxygen atoms in total. The lowest BCUT2D eigenvalue weighted by Crippen LogP contribution is -2.32. The molecule has 166 valence electrons. The summed E-state index contributed by atoms with van der Waals surface area (Å²) in [7, 11) is -1.61. The van der Waals surface area contributed by atoms with E-state index in [1.807, 2.05) is 37.3 Å². The normalized spacial score (nSPS) is 26.5. The summed E-state index contributed by atoms with van der Waals surface area (Å²) in [6.07, 6.45) is 2.15. The van der Waals surface area contributed by atoms with Crippen LogP contribution in [0.15, 0.2) is 47.4 Å². The molecule has 3 heterocycles. The molecule has 4 rings (SSSR count). The molecule has 2 aromatic rings. The fourth-order valence-corrected chi connectivity index (χ4v) is 4.83. The van der Waals surface area contributed by atoms with E-state index in [0.717, 1.165) is 0 Å². The zero-order valence-electron chi connectivity index (χ0n) is 17.0. The van der Waals surface area contributed by atoms with Crippen LogP contribution in [0.2, 0.25) is 0 Å². The number of nitrogen functional groups attached to an aromatic ring is 1. The van der Waals surface area contributed by atoms with Gasteiger partial charge in [0.25, 0.3) is 0 Å². The van der Waals surface area contributed by atoms with E-state index in [-0.39, 0.29) is 30.4 Å². The summed E-state index contributed by atoms with van der Waals surface area (Å²) < 4.78 is 24.5. The van der Waals surface area contributed by atoms with Crippen molar-refractivity contribution in [2.24, 2.45) is 5.92 Å². The number of nitrogens with two attached hydrogens (primary N) is 1. The molecule has 2 aliphatic rings. The highest BCUT2D eigenvalue weighted by Crippen LogP contribution is 2.40. The smallest absolute Gasteiger partial charge is 0.351 e. The van der Waals surface area contributed by atoms with Crippen molar-refractivity contribution in [2.75, 3.05) is 18.9 Å². The van der Waals surface area contributed by atoms with Crippen molar-refractivity contribution in [1.29, 1.82) is 0 Å². The summed E-state index contributed by atoms with van der Waals surface area (Å²) in [6, 6.07) is 10.3. The Morgan fingerprint density at radius 2 is 2.10 bits per heavy atom. The number of aromatic nitrogens is 2. The Labute approximate surface area is 180 Å². The number of benzene rings is 1. The molecule has 0 bridgehead atoms. The summed E-state index contributed by atoms with van der Waals surface area (Å²) >= 11 is 0. The first-order chi connectivity index (χ1) is 15.0. The lowest BCUT2D eigenvalue weighted by atomic mass is 10.1. The van der Waals surface area contributed by atoms with Crippen LogP contribution in [-0.4, -0.2) is 40.9 Å². The molecule has 0 spiro atoms. The van der Waals surface area contributed by atoms with Crippen molar-refractivity contribution in [2.45, 2.75) is 38.1 Å². The number of para-hydroxylation sites is 1. The highest BCUT2D eigenvalue weighted by molar-refractivity contribution is 7.45. The Hall–Kier alpha value is -2.52. The zero-order valence-corrected chi connectivity index (χ0v) is 17.9. The first kappa shape index (κ1) is 21.7. The molecular formula is C20H25N4O6P. The Bertz CT molecular complexity index is 958. The van der Waals surface area contributed by atoms with E-state index in [1.165, 1.54) is 4.57 Å². The molecule has 11 heteroatoms. The number of nitrogens with zero attached hydrogens (tertiary/aromatic N) is 2. The molecule has 3 N–H and O–H groups in total. The van der Waals surface area contributed by atoms with Crippen molar-refractivity contribution in [3.8, 4) is 5.75 Å². The highest BCUT2D eigenvalue weighted by Gasteiger charge is 2.36. The molecular weight excluding hydrogens is 423 g/mol. The van der Waals surface area contributed by atoms with Gasteiger partial charge in [0.1, 0.15) is 23.8 Å². The average Bonchev–Trinajstić information content (AvgIpc) is 3.32. The molecule has 2 fully saturated rings. The van der Waals surface area contributed by atoms with E-state index in [4.69, 9.17) is 24.3 Å². The molecule has 4 unspecified atom stereocenters. The molecule has 0 saturated carbocycles. The molecule has 0 aliphatic carbocycles. The maximum Gasteiger partial charge on any atom is 0.351 e. The predicted molar refractivity (Wildman–Crippen MR) is 113 cm³/mol. The van der Waals surface area contributed by atoms with Crippen LogP contribution in [0.25, 0.3) is 0 Å². The average molecular weight is 448 g/mol. The second-order valence-corrected chi connectivity index (χ2v) is 8.71.